The standard InChI is InChI=1S/C12H16O/c1-3-11-6-4-5-7-12(11)9-8-10(2)13/h4-10,13H,3H2,1-2H3/b9-8+. The molecule has 0 spiro atoms. The second-order valence-electron chi connectivity index (χ2n) is 3.15. The van der Waals surface area contributed by atoms with E-state index < -0.39 is 0 Å². The van der Waals surface area contributed by atoms with Crippen LogP contribution in [0.5, 0.6) is 0 Å². The van der Waals surface area contributed by atoms with Crippen LogP contribution in [0.4, 0.5) is 0 Å². The molecule has 0 bridgehead atoms. The number of aliphatic hydroxyl groups excluding tert-OH is 1. The van der Waals surface area contributed by atoms with Crippen molar-refractivity contribution in [3.05, 3.63) is 41.5 Å². The van der Waals surface area contributed by atoms with Crippen molar-refractivity contribution in [2.24, 2.45) is 0 Å². The highest BCUT2D eigenvalue weighted by Gasteiger charge is 1.94. The SMILES string of the molecule is CCc1ccccc1/C=C/C(C)O. The lowest BCUT2D eigenvalue weighted by Crippen LogP contribution is -1.92. The number of benzene rings is 1. The molecular formula is C12H16O. The Labute approximate surface area is 79.7 Å². The predicted octanol–water partition coefficient (Wildman–Crippen LogP) is 2.64. The van der Waals surface area contributed by atoms with Gasteiger partial charge >= 0.3 is 0 Å². The van der Waals surface area contributed by atoms with Gasteiger partial charge in [-0.2, -0.15) is 0 Å². The fourth-order valence-corrected chi connectivity index (χ4v) is 1.26. The summed E-state index contributed by atoms with van der Waals surface area (Å²) in [7, 11) is 0. The third kappa shape index (κ3) is 3.03. The highest BCUT2D eigenvalue weighted by Crippen LogP contribution is 2.11. The summed E-state index contributed by atoms with van der Waals surface area (Å²) in [5.41, 5.74) is 2.52. The Balaban J connectivity index is 2.87. The van der Waals surface area contributed by atoms with Gasteiger partial charge in [-0.15, -0.1) is 0 Å². The Bertz CT molecular complexity index is 287. The van der Waals surface area contributed by atoms with E-state index in [-0.39, 0.29) is 6.10 Å². The van der Waals surface area contributed by atoms with Crippen molar-refractivity contribution in [1.82, 2.24) is 0 Å². The average Bonchev–Trinajstić information content (AvgIpc) is 2.15. The van der Waals surface area contributed by atoms with E-state index in [0.717, 1.165) is 6.42 Å². The van der Waals surface area contributed by atoms with E-state index >= 15 is 0 Å². The van der Waals surface area contributed by atoms with Crippen molar-refractivity contribution >= 4 is 6.08 Å². The van der Waals surface area contributed by atoms with E-state index in [2.05, 4.69) is 19.1 Å². The number of aryl methyl sites for hydroxylation is 1. The highest BCUT2D eigenvalue weighted by molar-refractivity contribution is 5.54. The highest BCUT2D eigenvalue weighted by atomic mass is 16.3. The van der Waals surface area contributed by atoms with Crippen molar-refractivity contribution in [2.75, 3.05) is 0 Å². The van der Waals surface area contributed by atoms with Crippen molar-refractivity contribution in [3.8, 4) is 0 Å². The van der Waals surface area contributed by atoms with Gasteiger partial charge in [-0.3, -0.25) is 0 Å². The minimum absolute atomic E-state index is 0.370. The van der Waals surface area contributed by atoms with Crippen LogP contribution in [0, 0.1) is 0 Å². The van der Waals surface area contributed by atoms with E-state index in [1.165, 1.54) is 11.1 Å². The van der Waals surface area contributed by atoms with Crippen molar-refractivity contribution in [2.45, 2.75) is 26.4 Å². The van der Waals surface area contributed by atoms with Gasteiger partial charge < -0.3 is 5.11 Å². The molecule has 1 unspecified atom stereocenters. The van der Waals surface area contributed by atoms with E-state index in [9.17, 15) is 0 Å². The molecule has 1 heteroatoms. The molecule has 0 aliphatic heterocycles. The maximum absolute atomic E-state index is 9.09. The van der Waals surface area contributed by atoms with Gasteiger partial charge in [0.2, 0.25) is 0 Å². The zero-order valence-corrected chi connectivity index (χ0v) is 8.20. The fraction of sp³-hybridized carbons (Fsp3) is 0.333. The quantitative estimate of drug-likeness (QED) is 0.750. The molecule has 0 aliphatic rings. The summed E-state index contributed by atoms with van der Waals surface area (Å²) in [6.07, 6.45) is 4.43. The predicted molar refractivity (Wildman–Crippen MR) is 56.5 cm³/mol. The molecule has 0 radical (unpaired) electrons. The molecule has 70 valence electrons. The van der Waals surface area contributed by atoms with Gasteiger partial charge in [0.1, 0.15) is 0 Å². The monoisotopic (exact) mass is 176 g/mol. The first-order chi connectivity index (χ1) is 6.24. The molecule has 0 saturated carbocycles. The first-order valence-electron chi connectivity index (χ1n) is 4.68. The molecule has 1 atom stereocenters. The Morgan fingerprint density at radius 1 is 1.38 bits per heavy atom. The van der Waals surface area contributed by atoms with Gasteiger partial charge in [-0.1, -0.05) is 43.3 Å². The second-order valence-corrected chi connectivity index (χ2v) is 3.15. The van der Waals surface area contributed by atoms with Crippen LogP contribution in [0.15, 0.2) is 30.3 Å². The summed E-state index contributed by atoms with van der Waals surface area (Å²) in [5, 5.41) is 9.09. The number of hydrogen-bond acceptors (Lipinski definition) is 1. The van der Waals surface area contributed by atoms with Gasteiger partial charge in [0.25, 0.3) is 0 Å². The molecule has 1 rings (SSSR count). The summed E-state index contributed by atoms with van der Waals surface area (Å²) in [6, 6.07) is 8.23. The maximum Gasteiger partial charge on any atom is 0.0696 e. The number of hydrogen-bond donors (Lipinski definition) is 1. The second kappa shape index (κ2) is 4.83. The Hall–Kier alpha value is -1.08. The van der Waals surface area contributed by atoms with Crippen LogP contribution < -0.4 is 0 Å². The third-order valence-electron chi connectivity index (χ3n) is 1.99. The van der Waals surface area contributed by atoms with Crippen LogP contribution in [-0.4, -0.2) is 11.2 Å². The van der Waals surface area contributed by atoms with Crippen LogP contribution in [0.2, 0.25) is 0 Å². The Morgan fingerprint density at radius 3 is 2.69 bits per heavy atom. The summed E-state index contributed by atoms with van der Waals surface area (Å²) >= 11 is 0. The summed E-state index contributed by atoms with van der Waals surface area (Å²) in [5.74, 6) is 0. The summed E-state index contributed by atoms with van der Waals surface area (Å²) in [6.45, 7) is 3.89. The number of aliphatic hydroxyl groups is 1. The molecule has 0 saturated heterocycles. The first kappa shape index (κ1) is 10.0. The van der Waals surface area contributed by atoms with Crippen molar-refractivity contribution in [3.63, 3.8) is 0 Å². The van der Waals surface area contributed by atoms with E-state index in [1.54, 1.807) is 13.0 Å². The van der Waals surface area contributed by atoms with E-state index in [4.69, 9.17) is 5.11 Å². The van der Waals surface area contributed by atoms with Gasteiger partial charge in [0, 0.05) is 0 Å². The lowest BCUT2D eigenvalue weighted by molar-refractivity contribution is 0.245. The maximum atomic E-state index is 9.09. The van der Waals surface area contributed by atoms with Crippen LogP contribution in [0.25, 0.3) is 6.08 Å². The van der Waals surface area contributed by atoms with Gasteiger partial charge in [0.15, 0.2) is 0 Å². The van der Waals surface area contributed by atoms with Crippen LogP contribution in [-0.2, 0) is 6.42 Å². The smallest absolute Gasteiger partial charge is 0.0696 e. The molecule has 0 aromatic heterocycles. The molecule has 0 fully saturated rings. The first-order valence-corrected chi connectivity index (χ1v) is 4.68. The molecule has 0 aliphatic carbocycles. The minimum Gasteiger partial charge on any atom is -0.389 e. The van der Waals surface area contributed by atoms with Crippen LogP contribution >= 0.6 is 0 Å². The zero-order chi connectivity index (χ0) is 9.68. The van der Waals surface area contributed by atoms with Crippen LogP contribution in [0.3, 0.4) is 0 Å². The molecule has 1 nitrogen and oxygen atoms in total. The molecule has 13 heavy (non-hydrogen) atoms. The Morgan fingerprint density at radius 2 is 2.08 bits per heavy atom. The minimum atomic E-state index is -0.370. The summed E-state index contributed by atoms with van der Waals surface area (Å²) in [4.78, 5) is 0. The van der Waals surface area contributed by atoms with Gasteiger partial charge in [-0.05, 0) is 24.5 Å². The van der Waals surface area contributed by atoms with Crippen LogP contribution in [0.1, 0.15) is 25.0 Å². The molecule has 0 heterocycles. The summed E-state index contributed by atoms with van der Waals surface area (Å²) < 4.78 is 0. The van der Waals surface area contributed by atoms with E-state index in [1.807, 2.05) is 18.2 Å². The topological polar surface area (TPSA) is 20.2 Å². The zero-order valence-electron chi connectivity index (χ0n) is 8.20. The van der Waals surface area contributed by atoms with Gasteiger partial charge in [-0.25, -0.2) is 0 Å². The molecule has 1 aromatic carbocycles. The van der Waals surface area contributed by atoms with E-state index in [0.29, 0.717) is 0 Å². The molecule has 1 aromatic rings. The van der Waals surface area contributed by atoms with Crippen molar-refractivity contribution < 1.29 is 5.11 Å². The molecular weight excluding hydrogens is 160 g/mol. The lowest BCUT2D eigenvalue weighted by atomic mass is 10.0. The fourth-order valence-electron chi connectivity index (χ4n) is 1.26. The Kier molecular flexibility index (Phi) is 3.71. The largest absolute Gasteiger partial charge is 0.389 e. The average molecular weight is 176 g/mol. The lowest BCUT2D eigenvalue weighted by Gasteiger charge is -2.02. The molecule has 0 amide bonds. The van der Waals surface area contributed by atoms with Crippen molar-refractivity contribution in [1.29, 1.82) is 0 Å². The third-order valence-corrected chi connectivity index (χ3v) is 1.99. The van der Waals surface area contributed by atoms with Gasteiger partial charge in [0.05, 0.1) is 6.10 Å². The number of rotatable bonds is 3. The molecule has 1 N–H and O–H groups in total. The normalized spacial score (nSPS) is 13.5.